The molecule has 7 heteroatoms. The highest BCUT2D eigenvalue weighted by Crippen LogP contribution is 2.29. The highest BCUT2D eigenvalue weighted by Gasteiger charge is 2.27. The maximum Gasteiger partial charge on any atom is 0.276 e. The third-order valence-corrected chi connectivity index (χ3v) is 3.55. The zero-order chi connectivity index (χ0) is 16.4. The van der Waals surface area contributed by atoms with Gasteiger partial charge in [-0.25, -0.2) is 4.39 Å². The van der Waals surface area contributed by atoms with E-state index >= 15 is 0 Å². The monoisotopic (exact) mass is 331 g/mol. The van der Waals surface area contributed by atoms with Crippen LogP contribution in [0.1, 0.15) is 11.1 Å². The summed E-state index contributed by atoms with van der Waals surface area (Å²) in [6, 6.07) is 9.67. The first kappa shape index (κ1) is 15.2. The molecule has 116 valence electrons. The molecule has 5 nitrogen and oxygen atoms in total. The zero-order valence-corrected chi connectivity index (χ0v) is 12.8. The lowest BCUT2D eigenvalue weighted by Gasteiger charge is -1.99. The summed E-state index contributed by atoms with van der Waals surface area (Å²) >= 11 is 5.69. The smallest absolute Gasteiger partial charge is 0.276 e. The first-order valence-corrected chi connectivity index (χ1v) is 7.02. The van der Waals surface area contributed by atoms with Gasteiger partial charge >= 0.3 is 0 Å². The number of nitrogens with zero attached hydrogens (tertiary/aromatic N) is 2. The summed E-state index contributed by atoms with van der Waals surface area (Å²) in [6.07, 6.45) is 1.49. The van der Waals surface area contributed by atoms with Crippen molar-refractivity contribution in [3.05, 3.63) is 58.4 Å². The number of benzene rings is 2. The largest absolute Gasteiger partial charge is 0.497 e. The second-order valence-corrected chi connectivity index (χ2v) is 5.14. The molecule has 0 atom stereocenters. The number of hydrogen-bond donors (Lipinski definition) is 1. The minimum absolute atomic E-state index is 0.0420. The standard InChI is InChI=1S/C16H11ClFN3O2/c1-23-10-4-2-9(3-5-10)8-19-21-15-11-6-13(18)12(17)7-14(11)20-16(15)22/h2-8H,1H3,(H,20,21,22). The summed E-state index contributed by atoms with van der Waals surface area (Å²) < 4.78 is 18.6. The van der Waals surface area contributed by atoms with E-state index in [-0.39, 0.29) is 10.7 Å². The lowest BCUT2D eigenvalue weighted by molar-refractivity contribution is -0.110. The van der Waals surface area contributed by atoms with Gasteiger partial charge in [0.05, 0.1) is 24.0 Å². The fourth-order valence-corrected chi connectivity index (χ4v) is 2.26. The van der Waals surface area contributed by atoms with Gasteiger partial charge in [0.1, 0.15) is 11.6 Å². The highest BCUT2D eigenvalue weighted by atomic mass is 35.5. The SMILES string of the molecule is COc1ccc(C=N/N=C2\C(=O)Nc3cc(Cl)c(F)cc32)cc1. The molecule has 1 N–H and O–H groups in total. The summed E-state index contributed by atoms with van der Waals surface area (Å²) in [5.41, 5.74) is 1.58. The van der Waals surface area contributed by atoms with Gasteiger partial charge in [0.15, 0.2) is 5.71 Å². The average molecular weight is 332 g/mol. The maximum atomic E-state index is 13.6. The zero-order valence-electron chi connectivity index (χ0n) is 12.0. The van der Waals surface area contributed by atoms with Crippen molar-refractivity contribution < 1.29 is 13.9 Å². The van der Waals surface area contributed by atoms with Gasteiger partial charge in [-0.2, -0.15) is 5.10 Å². The van der Waals surface area contributed by atoms with Gasteiger partial charge in [0.2, 0.25) is 0 Å². The van der Waals surface area contributed by atoms with Crippen molar-refractivity contribution >= 4 is 35.1 Å². The highest BCUT2D eigenvalue weighted by molar-refractivity contribution is 6.54. The molecule has 2 aromatic rings. The van der Waals surface area contributed by atoms with Crippen molar-refractivity contribution in [3.63, 3.8) is 0 Å². The molecule has 0 aliphatic carbocycles. The van der Waals surface area contributed by atoms with Crippen molar-refractivity contribution in [2.75, 3.05) is 12.4 Å². The molecule has 0 radical (unpaired) electrons. The Labute approximate surface area is 136 Å². The summed E-state index contributed by atoms with van der Waals surface area (Å²) in [5, 5.41) is 10.3. The Balaban J connectivity index is 1.87. The predicted octanol–water partition coefficient (Wildman–Crippen LogP) is 3.26. The molecule has 0 saturated carbocycles. The van der Waals surface area contributed by atoms with Crippen LogP contribution in [0.4, 0.5) is 10.1 Å². The molecule has 1 aliphatic rings. The second-order valence-electron chi connectivity index (χ2n) is 4.73. The van der Waals surface area contributed by atoms with Crippen LogP contribution in [0.3, 0.4) is 0 Å². The van der Waals surface area contributed by atoms with E-state index in [4.69, 9.17) is 16.3 Å². The number of anilines is 1. The number of ether oxygens (including phenoxy) is 1. The molecule has 0 unspecified atom stereocenters. The van der Waals surface area contributed by atoms with E-state index in [2.05, 4.69) is 15.5 Å². The minimum atomic E-state index is -0.617. The van der Waals surface area contributed by atoms with Gasteiger partial charge in [-0.05, 0) is 42.0 Å². The molecule has 0 bridgehead atoms. The first-order chi connectivity index (χ1) is 11.1. The third-order valence-electron chi connectivity index (χ3n) is 3.26. The Kier molecular flexibility index (Phi) is 4.08. The van der Waals surface area contributed by atoms with Gasteiger partial charge in [-0.15, -0.1) is 5.10 Å². The lowest BCUT2D eigenvalue weighted by Crippen LogP contribution is -2.13. The van der Waals surface area contributed by atoms with Crippen LogP contribution in [-0.4, -0.2) is 24.9 Å². The van der Waals surface area contributed by atoms with Gasteiger partial charge in [0.25, 0.3) is 5.91 Å². The number of carbonyl (C=O) groups is 1. The van der Waals surface area contributed by atoms with E-state index in [9.17, 15) is 9.18 Å². The number of methoxy groups -OCH3 is 1. The number of carbonyl (C=O) groups excluding carboxylic acids is 1. The summed E-state index contributed by atoms with van der Waals surface area (Å²) in [6.45, 7) is 0. The van der Waals surface area contributed by atoms with E-state index in [0.29, 0.717) is 11.3 Å². The van der Waals surface area contributed by atoms with Crippen LogP contribution >= 0.6 is 11.6 Å². The number of rotatable bonds is 3. The van der Waals surface area contributed by atoms with Crippen LogP contribution in [-0.2, 0) is 4.79 Å². The molecule has 1 amide bonds. The van der Waals surface area contributed by atoms with E-state index < -0.39 is 11.7 Å². The number of halogens is 2. The number of amides is 1. The number of fused-ring (bicyclic) bond motifs is 1. The van der Waals surface area contributed by atoms with Crippen molar-refractivity contribution in [2.24, 2.45) is 10.2 Å². The summed E-state index contributed by atoms with van der Waals surface area (Å²) in [5.74, 6) is -0.341. The van der Waals surface area contributed by atoms with Crippen LogP contribution < -0.4 is 10.1 Å². The average Bonchev–Trinajstić information content (AvgIpc) is 2.84. The van der Waals surface area contributed by atoms with Crippen LogP contribution in [0.25, 0.3) is 0 Å². The molecule has 0 aromatic heterocycles. The molecule has 1 aliphatic heterocycles. The second kappa shape index (κ2) is 6.18. The van der Waals surface area contributed by atoms with Crippen LogP contribution in [0.15, 0.2) is 46.6 Å². The maximum absolute atomic E-state index is 13.6. The van der Waals surface area contributed by atoms with Crippen molar-refractivity contribution in [2.45, 2.75) is 0 Å². The normalized spacial score (nSPS) is 15.1. The summed E-state index contributed by atoms with van der Waals surface area (Å²) in [4.78, 5) is 11.9. The van der Waals surface area contributed by atoms with E-state index in [1.54, 1.807) is 31.4 Å². The Morgan fingerprint density at radius 2 is 2.00 bits per heavy atom. The Bertz CT molecular complexity index is 832. The fraction of sp³-hybridized carbons (Fsp3) is 0.0625. The van der Waals surface area contributed by atoms with Gasteiger partial charge in [-0.3, -0.25) is 4.79 Å². The van der Waals surface area contributed by atoms with Crippen molar-refractivity contribution in [3.8, 4) is 5.75 Å². The Morgan fingerprint density at radius 1 is 1.26 bits per heavy atom. The third kappa shape index (κ3) is 3.07. The summed E-state index contributed by atoms with van der Waals surface area (Å²) in [7, 11) is 1.58. The quantitative estimate of drug-likeness (QED) is 0.693. The fourth-order valence-electron chi connectivity index (χ4n) is 2.09. The Morgan fingerprint density at radius 3 is 2.70 bits per heavy atom. The molecule has 23 heavy (non-hydrogen) atoms. The van der Waals surface area contributed by atoms with E-state index in [0.717, 1.165) is 17.4 Å². The first-order valence-electron chi connectivity index (χ1n) is 6.64. The molecule has 2 aromatic carbocycles. The molecule has 0 saturated heterocycles. The number of hydrogen-bond acceptors (Lipinski definition) is 4. The number of nitrogens with one attached hydrogen (secondary N) is 1. The van der Waals surface area contributed by atoms with Crippen molar-refractivity contribution in [1.29, 1.82) is 0 Å². The van der Waals surface area contributed by atoms with Gasteiger partial charge < -0.3 is 10.1 Å². The van der Waals surface area contributed by atoms with Gasteiger partial charge in [-0.1, -0.05) is 11.6 Å². The Hall–Kier alpha value is -2.73. The van der Waals surface area contributed by atoms with E-state index in [1.165, 1.54) is 12.3 Å². The van der Waals surface area contributed by atoms with Crippen molar-refractivity contribution in [1.82, 2.24) is 0 Å². The van der Waals surface area contributed by atoms with Crippen LogP contribution in [0.2, 0.25) is 5.02 Å². The molecular formula is C16H11ClFN3O2. The molecule has 0 spiro atoms. The lowest BCUT2D eigenvalue weighted by atomic mass is 10.1. The van der Waals surface area contributed by atoms with Gasteiger partial charge in [0, 0.05) is 5.56 Å². The van der Waals surface area contributed by atoms with Crippen LogP contribution in [0, 0.1) is 5.82 Å². The molecule has 0 fully saturated rings. The molecular weight excluding hydrogens is 321 g/mol. The molecule has 3 rings (SSSR count). The van der Waals surface area contributed by atoms with E-state index in [1.807, 2.05) is 0 Å². The topological polar surface area (TPSA) is 63.1 Å². The minimum Gasteiger partial charge on any atom is -0.497 e. The molecule has 1 heterocycles. The predicted molar refractivity (Wildman–Crippen MR) is 87.2 cm³/mol. The van der Waals surface area contributed by atoms with Crippen LogP contribution in [0.5, 0.6) is 5.75 Å².